The lowest BCUT2D eigenvalue weighted by Gasteiger charge is -2.24. The van der Waals surface area contributed by atoms with Crippen LogP contribution in [0.1, 0.15) is 33.4 Å². The van der Waals surface area contributed by atoms with Gasteiger partial charge < -0.3 is 9.15 Å². The normalized spacial score (nSPS) is 15.5. The third kappa shape index (κ3) is 2.69. The maximum atomic E-state index is 13.4. The number of hydrogen-bond donors (Lipinski definition) is 0. The number of rotatable bonds is 3. The zero-order valence-corrected chi connectivity index (χ0v) is 16.5. The van der Waals surface area contributed by atoms with E-state index in [2.05, 4.69) is 4.98 Å². The van der Waals surface area contributed by atoms with Crippen molar-refractivity contribution in [3.8, 4) is 5.75 Å². The van der Waals surface area contributed by atoms with Gasteiger partial charge in [0.15, 0.2) is 5.43 Å². The molecule has 1 atom stereocenters. The zero-order chi connectivity index (χ0) is 20.8. The van der Waals surface area contributed by atoms with Crippen molar-refractivity contribution in [3.63, 3.8) is 0 Å². The fraction of sp³-hybridized carbons (Fsp3) is 0.125. The summed E-state index contributed by atoms with van der Waals surface area (Å²) < 4.78 is 11.2. The molecule has 30 heavy (non-hydrogen) atoms. The third-order valence-electron chi connectivity index (χ3n) is 5.33. The summed E-state index contributed by atoms with van der Waals surface area (Å²) in [5, 5.41) is 0.446. The average molecular weight is 398 g/mol. The first-order valence-corrected chi connectivity index (χ1v) is 9.55. The first-order chi connectivity index (χ1) is 14.6. The smallest absolute Gasteiger partial charge is 0.296 e. The Morgan fingerprint density at radius 3 is 2.47 bits per heavy atom. The quantitative estimate of drug-likeness (QED) is 0.516. The highest BCUT2D eigenvalue weighted by Gasteiger charge is 2.44. The third-order valence-corrected chi connectivity index (χ3v) is 5.33. The van der Waals surface area contributed by atoms with Gasteiger partial charge in [0.2, 0.25) is 5.76 Å². The molecule has 0 saturated heterocycles. The number of benzene rings is 2. The van der Waals surface area contributed by atoms with E-state index in [1.165, 1.54) is 4.90 Å². The predicted octanol–water partition coefficient (Wildman–Crippen LogP) is 4.25. The van der Waals surface area contributed by atoms with Crippen molar-refractivity contribution in [3.05, 3.63) is 99.5 Å². The minimum absolute atomic E-state index is 0.0582. The minimum atomic E-state index is -0.645. The van der Waals surface area contributed by atoms with E-state index in [0.29, 0.717) is 28.1 Å². The second-order valence-corrected chi connectivity index (χ2v) is 7.16. The number of aromatic nitrogens is 1. The van der Waals surface area contributed by atoms with Gasteiger partial charge in [0.1, 0.15) is 17.2 Å². The molecule has 1 aliphatic rings. The second kappa shape index (κ2) is 6.84. The van der Waals surface area contributed by atoms with Crippen LogP contribution in [0.25, 0.3) is 11.0 Å². The van der Waals surface area contributed by atoms with E-state index in [1.54, 1.807) is 37.4 Å². The standard InChI is InChI=1S/C24H18N2O4/c1-14-6-5-9-19(25-14)26-21(15-10-12-16(29-2)13-11-15)20-22(27)17-7-3-4-8-18(17)30-23(20)24(26)28/h3-13,21H,1-2H3. The van der Waals surface area contributed by atoms with Crippen LogP contribution in [0.5, 0.6) is 5.75 Å². The molecular weight excluding hydrogens is 380 g/mol. The Labute approximate surface area is 172 Å². The maximum Gasteiger partial charge on any atom is 0.296 e. The van der Waals surface area contributed by atoms with Gasteiger partial charge in [0.05, 0.1) is 24.1 Å². The average Bonchev–Trinajstić information content (AvgIpc) is 3.06. The van der Waals surface area contributed by atoms with Crippen LogP contribution in [0.15, 0.2) is 75.9 Å². The number of methoxy groups -OCH3 is 1. The first-order valence-electron chi connectivity index (χ1n) is 9.55. The molecule has 1 unspecified atom stereocenters. The summed E-state index contributed by atoms with van der Waals surface area (Å²) >= 11 is 0. The first kappa shape index (κ1) is 18.1. The Hall–Kier alpha value is -3.93. The monoisotopic (exact) mass is 398 g/mol. The van der Waals surface area contributed by atoms with Gasteiger partial charge in [-0.1, -0.05) is 30.3 Å². The highest BCUT2D eigenvalue weighted by molar-refractivity contribution is 6.10. The van der Waals surface area contributed by atoms with Crippen molar-refractivity contribution < 1.29 is 13.9 Å². The van der Waals surface area contributed by atoms with Gasteiger partial charge in [0, 0.05) is 5.69 Å². The molecule has 2 aromatic heterocycles. The van der Waals surface area contributed by atoms with E-state index in [1.807, 2.05) is 43.3 Å². The van der Waals surface area contributed by atoms with Crippen LogP contribution < -0.4 is 15.1 Å². The molecule has 148 valence electrons. The number of pyridine rings is 1. The molecule has 1 amide bonds. The molecule has 0 bridgehead atoms. The van der Waals surface area contributed by atoms with Crippen LogP contribution in [0, 0.1) is 6.92 Å². The lowest BCUT2D eigenvalue weighted by atomic mass is 9.98. The fourth-order valence-electron chi connectivity index (χ4n) is 3.92. The number of carbonyl (C=O) groups excluding carboxylic acids is 1. The highest BCUT2D eigenvalue weighted by atomic mass is 16.5. The molecule has 0 N–H and O–H groups in total. The number of carbonyl (C=O) groups is 1. The zero-order valence-electron chi connectivity index (χ0n) is 16.5. The topological polar surface area (TPSA) is 72.6 Å². The van der Waals surface area contributed by atoms with Gasteiger partial charge in [-0.05, 0) is 48.9 Å². The Morgan fingerprint density at radius 2 is 1.73 bits per heavy atom. The van der Waals surface area contributed by atoms with E-state index in [9.17, 15) is 9.59 Å². The minimum Gasteiger partial charge on any atom is -0.497 e. The molecule has 6 heteroatoms. The number of amides is 1. The molecular formula is C24H18N2O4. The van der Waals surface area contributed by atoms with Crippen LogP contribution in [0.3, 0.4) is 0 Å². The van der Waals surface area contributed by atoms with E-state index in [-0.39, 0.29) is 17.1 Å². The summed E-state index contributed by atoms with van der Waals surface area (Å²) in [5.41, 5.74) is 2.05. The highest BCUT2D eigenvalue weighted by Crippen LogP contribution is 2.40. The van der Waals surface area contributed by atoms with Crippen molar-refractivity contribution in [1.82, 2.24) is 4.98 Å². The summed E-state index contributed by atoms with van der Waals surface area (Å²) in [7, 11) is 1.59. The molecule has 6 nitrogen and oxygen atoms in total. The van der Waals surface area contributed by atoms with Crippen LogP contribution in [-0.4, -0.2) is 18.0 Å². The van der Waals surface area contributed by atoms with Gasteiger partial charge in [-0.25, -0.2) is 4.98 Å². The molecule has 5 rings (SSSR count). The molecule has 2 aromatic carbocycles. The van der Waals surface area contributed by atoms with Gasteiger partial charge in [-0.2, -0.15) is 0 Å². The van der Waals surface area contributed by atoms with Crippen molar-refractivity contribution in [1.29, 1.82) is 0 Å². The van der Waals surface area contributed by atoms with Crippen LogP contribution in [0.2, 0.25) is 0 Å². The number of nitrogens with zero attached hydrogens (tertiary/aromatic N) is 2. The van der Waals surface area contributed by atoms with Crippen molar-refractivity contribution >= 4 is 22.7 Å². The predicted molar refractivity (Wildman–Crippen MR) is 113 cm³/mol. The summed E-state index contributed by atoms with van der Waals surface area (Å²) in [6.45, 7) is 1.86. The molecule has 0 spiro atoms. The molecule has 0 saturated carbocycles. The van der Waals surface area contributed by atoms with Gasteiger partial charge in [0.25, 0.3) is 5.91 Å². The molecule has 1 aliphatic heterocycles. The van der Waals surface area contributed by atoms with Crippen molar-refractivity contribution in [2.75, 3.05) is 12.0 Å². The largest absolute Gasteiger partial charge is 0.497 e. The fourth-order valence-corrected chi connectivity index (χ4v) is 3.92. The van der Waals surface area contributed by atoms with Crippen LogP contribution in [-0.2, 0) is 0 Å². The van der Waals surface area contributed by atoms with Crippen LogP contribution in [0.4, 0.5) is 5.82 Å². The molecule has 4 aromatic rings. The number of aryl methyl sites for hydroxylation is 1. The number of anilines is 1. The SMILES string of the molecule is COc1ccc(C2c3c(oc4ccccc4c3=O)C(=O)N2c2cccc(C)n2)cc1. The lowest BCUT2D eigenvalue weighted by molar-refractivity contribution is 0.0970. The van der Waals surface area contributed by atoms with Gasteiger partial charge in [-0.15, -0.1) is 0 Å². The van der Waals surface area contributed by atoms with Gasteiger partial charge >= 0.3 is 0 Å². The van der Waals surface area contributed by atoms with Crippen molar-refractivity contribution in [2.24, 2.45) is 0 Å². The van der Waals surface area contributed by atoms with E-state index in [4.69, 9.17) is 9.15 Å². The van der Waals surface area contributed by atoms with E-state index in [0.717, 1.165) is 11.3 Å². The summed E-state index contributed by atoms with van der Waals surface area (Å²) in [5.74, 6) is 0.833. The van der Waals surface area contributed by atoms with E-state index >= 15 is 0 Å². The van der Waals surface area contributed by atoms with Crippen LogP contribution >= 0.6 is 0 Å². The maximum absolute atomic E-state index is 13.4. The Bertz CT molecular complexity index is 1340. The van der Waals surface area contributed by atoms with Gasteiger partial charge in [-0.3, -0.25) is 14.5 Å². The summed E-state index contributed by atoms with van der Waals surface area (Å²) in [6.07, 6.45) is 0. The Balaban J connectivity index is 1.80. The Morgan fingerprint density at radius 1 is 0.967 bits per heavy atom. The molecule has 0 fully saturated rings. The molecule has 0 radical (unpaired) electrons. The van der Waals surface area contributed by atoms with Crippen molar-refractivity contribution in [2.45, 2.75) is 13.0 Å². The summed E-state index contributed by atoms with van der Waals surface area (Å²) in [4.78, 5) is 32.9. The number of hydrogen-bond acceptors (Lipinski definition) is 5. The number of ether oxygens (including phenoxy) is 1. The molecule has 0 aliphatic carbocycles. The second-order valence-electron chi connectivity index (χ2n) is 7.16. The number of fused-ring (bicyclic) bond motifs is 2. The summed E-state index contributed by atoms with van der Waals surface area (Å²) in [6, 6.07) is 19.1. The lowest BCUT2D eigenvalue weighted by Crippen LogP contribution is -2.30. The number of para-hydroxylation sites is 1. The Kier molecular flexibility index (Phi) is 4.13. The molecule has 3 heterocycles. The van der Waals surface area contributed by atoms with E-state index < -0.39 is 6.04 Å².